The standard InChI is InChI=1S/C22H29NO/c1-2-3-7-19-9-11-21(12-10-19)18-24-22-15-13-20(14-16-22)8-5-4-6-17-23/h4-6,8-12,20,22H,2-3,7,13-16,18H2,1H3/b6-4+,8-5+/t20-,22-. The highest BCUT2D eigenvalue weighted by molar-refractivity contribution is 5.22. The van der Waals surface area contributed by atoms with Gasteiger partial charge in [-0.2, -0.15) is 5.26 Å². The first-order chi connectivity index (χ1) is 11.8. The summed E-state index contributed by atoms with van der Waals surface area (Å²) in [5.41, 5.74) is 2.71. The molecule has 0 aliphatic heterocycles. The van der Waals surface area contributed by atoms with E-state index in [4.69, 9.17) is 10.00 Å². The van der Waals surface area contributed by atoms with Crippen molar-refractivity contribution in [1.29, 1.82) is 5.26 Å². The Balaban J connectivity index is 1.68. The highest BCUT2D eigenvalue weighted by Crippen LogP contribution is 2.27. The maximum Gasteiger partial charge on any atom is 0.0912 e. The lowest BCUT2D eigenvalue weighted by atomic mass is 9.87. The number of hydrogen-bond donors (Lipinski definition) is 0. The maximum atomic E-state index is 8.46. The Morgan fingerprint density at radius 1 is 1.08 bits per heavy atom. The van der Waals surface area contributed by atoms with Crippen molar-refractivity contribution in [3.8, 4) is 6.07 Å². The first-order valence-electron chi connectivity index (χ1n) is 9.24. The number of benzene rings is 1. The molecule has 1 aliphatic rings. The van der Waals surface area contributed by atoms with Crippen LogP contribution in [0.4, 0.5) is 0 Å². The molecule has 1 fully saturated rings. The van der Waals surface area contributed by atoms with E-state index in [1.807, 2.05) is 18.2 Å². The summed E-state index contributed by atoms with van der Waals surface area (Å²) in [5, 5.41) is 8.46. The van der Waals surface area contributed by atoms with Gasteiger partial charge in [-0.1, -0.05) is 55.8 Å². The van der Waals surface area contributed by atoms with Crippen LogP contribution in [-0.4, -0.2) is 6.10 Å². The highest BCUT2D eigenvalue weighted by atomic mass is 16.5. The molecule has 2 rings (SSSR count). The van der Waals surface area contributed by atoms with Gasteiger partial charge in [0.1, 0.15) is 0 Å². The second-order valence-corrected chi connectivity index (χ2v) is 6.64. The van der Waals surface area contributed by atoms with Gasteiger partial charge in [-0.25, -0.2) is 0 Å². The molecule has 0 radical (unpaired) electrons. The van der Waals surface area contributed by atoms with E-state index in [-0.39, 0.29) is 0 Å². The molecule has 1 saturated carbocycles. The monoisotopic (exact) mass is 323 g/mol. The minimum absolute atomic E-state index is 0.393. The van der Waals surface area contributed by atoms with Crippen LogP contribution in [0.1, 0.15) is 56.6 Å². The van der Waals surface area contributed by atoms with Crippen LogP contribution in [-0.2, 0) is 17.8 Å². The quantitative estimate of drug-likeness (QED) is 0.451. The molecule has 0 amide bonds. The molecule has 128 valence electrons. The third-order valence-electron chi connectivity index (χ3n) is 4.71. The summed E-state index contributed by atoms with van der Waals surface area (Å²) in [4.78, 5) is 0. The third kappa shape index (κ3) is 6.72. The van der Waals surface area contributed by atoms with Crippen LogP contribution >= 0.6 is 0 Å². The van der Waals surface area contributed by atoms with Crippen molar-refractivity contribution in [2.24, 2.45) is 5.92 Å². The number of ether oxygens (including phenoxy) is 1. The van der Waals surface area contributed by atoms with Crippen LogP contribution < -0.4 is 0 Å². The molecule has 0 N–H and O–H groups in total. The highest BCUT2D eigenvalue weighted by Gasteiger charge is 2.19. The maximum absolute atomic E-state index is 8.46. The fraction of sp³-hybridized carbons (Fsp3) is 0.500. The smallest absolute Gasteiger partial charge is 0.0912 e. The van der Waals surface area contributed by atoms with E-state index in [9.17, 15) is 0 Å². The molecule has 0 atom stereocenters. The largest absolute Gasteiger partial charge is 0.374 e. The molecular formula is C22H29NO. The lowest BCUT2D eigenvalue weighted by Gasteiger charge is -2.26. The van der Waals surface area contributed by atoms with Crippen LogP contribution in [0.3, 0.4) is 0 Å². The van der Waals surface area contributed by atoms with Crippen molar-refractivity contribution in [1.82, 2.24) is 0 Å². The first kappa shape index (κ1) is 18.5. The number of aryl methyl sites for hydroxylation is 1. The minimum atomic E-state index is 0.393. The van der Waals surface area contributed by atoms with Gasteiger partial charge in [0.15, 0.2) is 0 Å². The van der Waals surface area contributed by atoms with E-state index < -0.39 is 0 Å². The molecule has 0 aromatic heterocycles. The Morgan fingerprint density at radius 3 is 2.46 bits per heavy atom. The summed E-state index contributed by atoms with van der Waals surface area (Å²) < 4.78 is 6.10. The van der Waals surface area contributed by atoms with Crippen LogP contribution in [0.5, 0.6) is 0 Å². The molecule has 24 heavy (non-hydrogen) atoms. The van der Waals surface area contributed by atoms with Crippen molar-refractivity contribution in [3.05, 3.63) is 59.7 Å². The molecule has 0 heterocycles. The molecule has 0 spiro atoms. The number of unbranched alkanes of at least 4 members (excludes halogenated alkanes) is 1. The summed E-state index contributed by atoms with van der Waals surface area (Å²) in [6.07, 6.45) is 16.2. The Kier molecular flexibility index (Phi) is 8.35. The molecule has 1 aliphatic carbocycles. The van der Waals surface area contributed by atoms with Crippen molar-refractivity contribution in [2.45, 2.75) is 64.6 Å². The summed E-state index contributed by atoms with van der Waals surface area (Å²) in [5.74, 6) is 0.631. The first-order valence-corrected chi connectivity index (χ1v) is 9.24. The Hall–Kier alpha value is -1.85. The second kappa shape index (κ2) is 10.8. The Bertz CT molecular complexity index is 557. The van der Waals surface area contributed by atoms with Crippen molar-refractivity contribution >= 4 is 0 Å². The SMILES string of the molecule is CCCCc1ccc(CO[C@H]2CC[C@H](/C=C/C=C/C#N)CC2)cc1. The second-order valence-electron chi connectivity index (χ2n) is 6.64. The van der Waals surface area contributed by atoms with E-state index in [0.717, 1.165) is 19.4 Å². The van der Waals surface area contributed by atoms with Gasteiger partial charge in [-0.05, 0) is 55.6 Å². The minimum Gasteiger partial charge on any atom is -0.374 e. The fourth-order valence-electron chi connectivity index (χ4n) is 3.16. The summed E-state index contributed by atoms with van der Waals surface area (Å²) in [6.45, 7) is 2.96. The Morgan fingerprint density at radius 2 is 1.79 bits per heavy atom. The van der Waals surface area contributed by atoms with E-state index in [1.165, 1.54) is 49.3 Å². The number of nitrogens with zero attached hydrogens (tertiary/aromatic N) is 1. The third-order valence-corrected chi connectivity index (χ3v) is 4.71. The zero-order valence-corrected chi connectivity index (χ0v) is 14.8. The predicted molar refractivity (Wildman–Crippen MR) is 99.5 cm³/mol. The number of rotatable bonds is 8. The van der Waals surface area contributed by atoms with E-state index in [2.05, 4.69) is 37.3 Å². The molecule has 1 aromatic rings. The number of nitriles is 1. The lowest BCUT2D eigenvalue weighted by molar-refractivity contribution is 0.0110. The average Bonchev–Trinajstić information content (AvgIpc) is 2.64. The van der Waals surface area contributed by atoms with Crippen molar-refractivity contribution in [3.63, 3.8) is 0 Å². The summed E-state index contributed by atoms with van der Waals surface area (Å²) in [7, 11) is 0. The predicted octanol–water partition coefficient (Wildman–Crippen LogP) is 5.74. The van der Waals surface area contributed by atoms with E-state index in [0.29, 0.717) is 12.0 Å². The van der Waals surface area contributed by atoms with Crippen LogP contribution in [0.25, 0.3) is 0 Å². The van der Waals surface area contributed by atoms with E-state index >= 15 is 0 Å². The van der Waals surface area contributed by atoms with Crippen LogP contribution in [0.15, 0.2) is 48.6 Å². The zero-order valence-electron chi connectivity index (χ0n) is 14.8. The van der Waals surface area contributed by atoms with Gasteiger partial charge in [0.05, 0.1) is 18.8 Å². The van der Waals surface area contributed by atoms with Gasteiger partial charge in [-0.3, -0.25) is 0 Å². The topological polar surface area (TPSA) is 33.0 Å². The Labute approximate surface area is 146 Å². The molecule has 2 heteroatoms. The van der Waals surface area contributed by atoms with Gasteiger partial charge in [0.25, 0.3) is 0 Å². The normalized spacial score (nSPS) is 21.3. The summed E-state index contributed by atoms with van der Waals surface area (Å²) in [6, 6.07) is 10.9. The number of hydrogen-bond acceptors (Lipinski definition) is 2. The molecule has 1 aromatic carbocycles. The van der Waals surface area contributed by atoms with Gasteiger partial charge >= 0.3 is 0 Å². The average molecular weight is 323 g/mol. The lowest BCUT2D eigenvalue weighted by Crippen LogP contribution is -2.20. The molecule has 2 nitrogen and oxygen atoms in total. The van der Waals surface area contributed by atoms with Crippen molar-refractivity contribution in [2.75, 3.05) is 0 Å². The molecule has 0 bridgehead atoms. The van der Waals surface area contributed by atoms with Gasteiger partial charge in [-0.15, -0.1) is 0 Å². The molecule has 0 saturated heterocycles. The summed E-state index contributed by atoms with van der Waals surface area (Å²) >= 11 is 0. The van der Waals surface area contributed by atoms with E-state index in [1.54, 1.807) is 0 Å². The van der Waals surface area contributed by atoms with Gasteiger partial charge in [0, 0.05) is 6.08 Å². The van der Waals surface area contributed by atoms with Gasteiger partial charge in [0.2, 0.25) is 0 Å². The van der Waals surface area contributed by atoms with Crippen LogP contribution in [0.2, 0.25) is 0 Å². The van der Waals surface area contributed by atoms with Gasteiger partial charge < -0.3 is 4.74 Å². The molecule has 0 unspecified atom stereocenters. The van der Waals surface area contributed by atoms with Crippen LogP contribution in [0, 0.1) is 17.2 Å². The van der Waals surface area contributed by atoms with Crippen molar-refractivity contribution < 1.29 is 4.74 Å². The number of allylic oxidation sites excluding steroid dienone is 4. The fourth-order valence-corrected chi connectivity index (χ4v) is 3.16. The molecular weight excluding hydrogens is 294 g/mol. The zero-order chi connectivity index (χ0) is 17.0.